The predicted octanol–water partition coefficient (Wildman–Crippen LogP) is 6.43. The van der Waals surface area contributed by atoms with Crippen molar-refractivity contribution >= 4 is 34.0 Å². The Morgan fingerprint density at radius 3 is 2.42 bits per heavy atom. The molecule has 0 amide bonds. The third kappa shape index (κ3) is 4.48. The van der Waals surface area contributed by atoms with Crippen LogP contribution < -0.4 is 10.2 Å². The van der Waals surface area contributed by atoms with Gasteiger partial charge in [-0.1, -0.05) is 43.0 Å². The zero-order chi connectivity index (χ0) is 22.8. The van der Waals surface area contributed by atoms with Gasteiger partial charge in [-0.2, -0.15) is 0 Å². The van der Waals surface area contributed by atoms with Crippen LogP contribution in [-0.2, 0) is 0 Å². The minimum Gasteiger partial charge on any atom is -0.370 e. The van der Waals surface area contributed by atoms with Crippen molar-refractivity contribution in [1.82, 2.24) is 9.88 Å². The molecular weight excluding hydrogens is 404 g/mol. The third-order valence-electron chi connectivity index (χ3n) is 6.63. The summed E-state index contributed by atoms with van der Waals surface area (Å²) in [5.74, 6) is 0. The van der Waals surface area contributed by atoms with Crippen LogP contribution in [-0.4, -0.2) is 43.1 Å². The van der Waals surface area contributed by atoms with Crippen LogP contribution in [0.4, 0.5) is 17.1 Å². The molecule has 1 atom stereocenters. The summed E-state index contributed by atoms with van der Waals surface area (Å²) in [6.07, 6.45) is 4.95. The van der Waals surface area contributed by atoms with Crippen molar-refractivity contribution in [3.05, 3.63) is 91.1 Å². The Morgan fingerprint density at radius 2 is 1.73 bits per heavy atom. The first-order chi connectivity index (χ1) is 16.1. The fraction of sp³-hybridized carbons (Fsp3) is 0.207. The van der Waals surface area contributed by atoms with E-state index in [1.807, 2.05) is 18.3 Å². The number of nitrogens with zero attached hydrogens (tertiary/aromatic N) is 3. The van der Waals surface area contributed by atoms with Crippen LogP contribution in [0, 0.1) is 0 Å². The molecule has 0 bridgehead atoms. The number of hydrogen-bond acceptors (Lipinski definition) is 4. The number of benzene rings is 3. The Hall–Kier alpha value is -3.63. The molecule has 4 nitrogen and oxygen atoms in total. The summed E-state index contributed by atoms with van der Waals surface area (Å²) in [5, 5.41) is 4.72. The molecule has 1 saturated heterocycles. The zero-order valence-corrected chi connectivity index (χ0v) is 19.3. The average Bonchev–Trinajstić information content (AvgIpc) is 3.35. The number of rotatable bonds is 6. The van der Waals surface area contributed by atoms with Crippen LogP contribution in [0.2, 0.25) is 0 Å². The van der Waals surface area contributed by atoms with Crippen LogP contribution in [0.15, 0.2) is 85.6 Å². The molecule has 1 fully saturated rings. The van der Waals surface area contributed by atoms with Gasteiger partial charge < -0.3 is 15.1 Å². The lowest BCUT2D eigenvalue weighted by molar-refractivity contribution is 0.315. The second kappa shape index (κ2) is 9.08. The van der Waals surface area contributed by atoms with Crippen molar-refractivity contribution in [2.24, 2.45) is 0 Å². The van der Waals surface area contributed by atoms with Crippen LogP contribution in [0.5, 0.6) is 0 Å². The second-order valence-corrected chi connectivity index (χ2v) is 8.94. The Morgan fingerprint density at radius 1 is 0.970 bits per heavy atom. The highest BCUT2D eigenvalue weighted by Crippen LogP contribution is 2.31. The lowest BCUT2D eigenvalue weighted by Crippen LogP contribution is -2.31. The van der Waals surface area contributed by atoms with E-state index >= 15 is 0 Å². The smallest absolute Gasteiger partial charge is 0.0723 e. The summed E-state index contributed by atoms with van der Waals surface area (Å²) in [6.45, 7) is 6.04. The van der Waals surface area contributed by atoms with Gasteiger partial charge in [0.15, 0.2) is 0 Å². The van der Waals surface area contributed by atoms with Crippen molar-refractivity contribution in [3.8, 4) is 11.1 Å². The summed E-state index contributed by atoms with van der Waals surface area (Å²) in [4.78, 5) is 9.37. The van der Waals surface area contributed by atoms with Crippen molar-refractivity contribution in [1.29, 1.82) is 0 Å². The monoisotopic (exact) mass is 434 g/mol. The maximum atomic E-state index is 4.57. The quantitative estimate of drug-likeness (QED) is 0.379. The topological polar surface area (TPSA) is 31.4 Å². The molecule has 0 aliphatic carbocycles. The average molecular weight is 435 g/mol. The Balaban J connectivity index is 1.39. The lowest BCUT2D eigenvalue weighted by Gasteiger charge is -2.22. The first-order valence-electron chi connectivity index (χ1n) is 11.5. The molecule has 33 heavy (non-hydrogen) atoms. The highest BCUT2D eigenvalue weighted by Gasteiger charge is 2.23. The Labute approximate surface area is 196 Å². The van der Waals surface area contributed by atoms with Crippen molar-refractivity contribution < 1.29 is 0 Å². The molecule has 4 heteroatoms. The molecule has 1 unspecified atom stereocenters. The third-order valence-corrected chi connectivity index (χ3v) is 6.63. The molecule has 0 radical (unpaired) electrons. The van der Waals surface area contributed by atoms with Crippen LogP contribution >= 0.6 is 0 Å². The van der Waals surface area contributed by atoms with Gasteiger partial charge in [0.25, 0.3) is 0 Å². The first kappa shape index (κ1) is 21.2. The lowest BCUT2D eigenvalue weighted by atomic mass is 10.0. The van der Waals surface area contributed by atoms with Crippen LogP contribution in [0.3, 0.4) is 0 Å². The van der Waals surface area contributed by atoms with Crippen LogP contribution in [0.1, 0.15) is 12.0 Å². The fourth-order valence-electron chi connectivity index (χ4n) is 4.56. The van der Waals surface area contributed by atoms with E-state index in [9.17, 15) is 0 Å². The largest absolute Gasteiger partial charge is 0.370 e. The molecular formula is C29H30N4. The SMILES string of the molecule is C=Cc1ccc(-c2ccc3nccc(Nc4ccc(N5CCC(N(C)C)C5)cc4)c3c2)cc1. The molecule has 1 aliphatic rings. The molecule has 166 valence electrons. The van der Waals surface area contributed by atoms with Gasteiger partial charge in [-0.3, -0.25) is 4.98 Å². The first-order valence-corrected chi connectivity index (χ1v) is 11.5. The number of anilines is 3. The molecule has 1 aromatic heterocycles. The van der Waals surface area contributed by atoms with Gasteiger partial charge in [0.05, 0.1) is 5.52 Å². The molecule has 1 aliphatic heterocycles. The highest BCUT2D eigenvalue weighted by atomic mass is 15.2. The predicted molar refractivity (Wildman–Crippen MR) is 141 cm³/mol. The summed E-state index contributed by atoms with van der Waals surface area (Å²) in [5.41, 5.74) is 7.89. The fourth-order valence-corrected chi connectivity index (χ4v) is 4.56. The van der Waals surface area contributed by atoms with Gasteiger partial charge in [-0.05, 0) is 79.7 Å². The van der Waals surface area contributed by atoms with E-state index in [4.69, 9.17) is 0 Å². The molecule has 0 spiro atoms. The van der Waals surface area contributed by atoms with E-state index in [1.165, 1.54) is 23.2 Å². The summed E-state index contributed by atoms with van der Waals surface area (Å²) < 4.78 is 0. The minimum atomic E-state index is 0.633. The number of pyridine rings is 1. The van der Waals surface area contributed by atoms with E-state index < -0.39 is 0 Å². The van der Waals surface area contributed by atoms with E-state index in [1.54, 1.807) is 0 Å². The number of nitrogens with one attached hydrogen (secondary N) is 1. The van der Waals surface area contributed by atoms with Gasteiger partial charge in [0.2, 0.25) is 0 Å². The standard InChI is InChI=1S/C29H30N4/c1-4-21-5-7-22(8-6-21)23-9-14-28-27(19-23)29(15-17-30-28)31-24-10-12-25(13-11-24)33-18-16-26(20-33)32(2)3/h4-15,17,19,26H,1,16,18,20H2,2-3H3,(H,30,31). The minimum absolute atomic E-state index is 0.633. The van der Waals surface area contributed by atoms with Crippen molar-refractivity contribution in [2.75, 3.05) is 37.4 Å². The van der Waals surface area contributed by atoms with E-state index in [2.05, 4.69) is 108 Å². The second-order valence-electron chi connectivity index (χ2n) is 8.94. The summed E-state index contributed by atoms with van der Waals surface area (Å²) >= 11 is 0. The van der Waals surface area contributed by atoms with Gasteiger partial charge >= 0.3 is 0 Å². The Kier molecular flexibility index (Phi) is 5.84. The molecule has 5 rings (SSSR count). The molecule has 0 saturated carbocycles. The van der Waals surface area contributed by atoms with Crippen LogP contribution in [0.25, 0.3) is 28.1 Å². The van der Waals surface area contributed by atoms with Crippen molar-refractivity contribution in [3.63, 3.8) is 0 Å². The maximum absolute atomic E-state index is 4.57. The zero-order valence-electron chi connectivity index (χ0n) is 19.3. The summed E-state index contributed by atoms with van der Waals surface area (Å²) in [6, 6.07) is 26.4. The van der Waals surface area contributed by atoms with Gasteiger partial charge in [-0.25, -0.2) is 0 Å². The molecule has 4 aromatic rings. The molecule has 1 N–H and O–H groups in total. The normalized spacial score (nSPS) is 15.8. The Bertz CT molecular complexity index is 1260. The number of likely N-dealkylation sites (N-methyl/N-ethyl adjacent to an activating group) is 1. The van der Waals surface area contributed by atoms with Crippen molar-refractivity contribution in [2.45, 2.75) is 12.5 Å². The van der Waals surface area contributed by atoms with Gasteiger partial charge in [0.1, 0.15) is 0 Å². The summed E-state index contributed by atoms with van der Waals surface area (Å²) in [7, 11) is 4.34. The number of aromatic nitrogens is 1. The van der Waals surface area contributed by atoms with E-state index in [0.717, 1.165) is 40.9 Å². The highest BCUT2D eigenvalue weighted by molar-refractivity contribution is 5.95. The molecule has 3 aromatic carbocycles. The number of fused-ring (bicyclic) bond motifs is 1. The van der Waals surface area contributed by atoms with Gasteiger partial charge in [-0.15, -0.1) is 0 Å². The van der Waals surface area contributed by atoms with Gasteiger partial charge in [0, 0.05) is 47.8 Å². The van der Waals surface area contributed by atoms with E-state index in [-0.39, 0.29) is 0 Å². The maximum Gasteiger partial charge on any atom is 0.0723 e. The van der Waals surface area contributed by atoms with E-state index in [0.29, 0.717) is 6.04 Å². The number of hydrogen-bond donors (Lipinski definition) is 1. The molecule has 2 heterocycles.